The molecule has 0 radical (unpaired) electrons. The second kappa shape index (κ2) is 6.60. The Bertz CT molecular complexity index is 644. The van der Waals surface area contributed by atoms with Gasteiger partial charge in [0, 0.05) is 30.6 Å². The number of aromatic nitrogens is 1. The molecule has 0 spiro atoms. The van der Waals surface area contributed by atoms with E-state index in [4.69, 9.17) is 9.47 Å². The maximum Gasteiger partial charge on any atom is 0.255 e. The zero-order valence-electron chi connectivity index (χ0n) is 12.1. The van der Waals surface area contributed by atoms with Crippen molar-refractivity contribution in [2.75, 3.05) is 31.9 Å². The zero-order chi connectivity index (χ0) is 15.2. The third kappa shape index (κ3) is 3.42. The van der Waals surface area contributed by atoms with Crippen molar-refractivity contribution in [3.8, 4) is 11.5 Å². The average molecular weight is 287 g/mol. The molecule has 0 aliphatic rings. The fourth-order valence-electron chi connectivity index (χ4n) is 1.83. The Hall–Kier alpha value is -2.76. The molecule has 0 unspecified atom stereocenters. The van der Waals surface area contributed by atoms with E-state index < -0.39 is 0 Å². The van der Waals surface area contributed by atoms with Gasteiger partial charge in [-0.15, -0.1) is 0 Å². The molecule has 6 heteroatoms. The number of amides is 1. The highest BCUT2D eigenvalue weighted by molar-refractivity contribution is 6.04. The summed E-state index contributed by atoms with van der Waals surface area (Å²) in [5.74, 6) is 1.58. The fraction of sp³-hybridized carbons (Fsp3) is 0.200. The maximum absolute atomic E-state index is 12.2. The van der Waals surface area contributed by atoms with Crippen molar-refractivity contribution in [1.29, 1.82) is 0 Å². The molecule has 1 aromatic heterocycles. The molecule has 2 N–H and O–H groups in total. The number of anilines is 2. The highest BCUT2D eigenvalue weighted by Crippen LogP contribution is 2.29. The van der Waals surface area contributed by atoms with Crippen molar-refractivity contribution in [1.82, 2.24) is 4.98 Å². The van der Waals surface area contributed by atoms with Crippen LogP contribution in [0.5, 0.6) is 11.5 Å². The molecule has 0 bridgehead atoms. The molecule has 0 saturated carbocycles. The molecule has 1 aromatic carbocycles. The first kappa shape index (κ1) is 14.6. The molecule has 2 aromatic rings. The van der Waals surface area contributed by atoms with E-state index in [-0.39, 0.29) is 5.91 Å². The van der Waals surface area contributed by atoms with Crippen LogP contribution >= 0.6 is 0 Å². The minimum absolute atomic E-state index is 0.221. The molecule has 110 valence electrons. The number of hydrogen-bond acceptors (Lipinski definition) is 5. The van der Waals surface area contributed by atoms with Crippen LogP contribution in [0.15, 0.2) is 36.5 Å². The van der Waals surface area contributed by atoms with E-state index in [0.29, 0.717) is 28.6 Å². The Morgan fingerprint density at radius 2 is 1.86 bits per heavy atom. The molecule has 0 fully saturated rings. The van der Waals surface area contributed by atoms with Gasteiger partial charge in [-0.3, -0.25) is 4.79 Å². The van der Waals surface area contributed by atoms with Crippen molar-refractivity contribution >= 4 is 17.4 Å². The lowest BCUT2D eigenvalue weighted by molar-refractivity contribution is 0.102. The van der Waals surface area contributed by atoms with Gasteiger partial charge >= 0.3 is 0 Å². The summed E-state index contributed by atoms with van der Waals surface area (Å²) in [6.45, 7) is 0. The predicted octanol–water partition coefficient (Wildman–Crippen LogP) is 2.39. The second-order valence-electron chi connectivity index (χ2n) is 4.20. The number of rotatable bonds is 5. The van der Waals surface area contributed by atoms with Gasteiger partial charge in [0.05, 0.1) is 14.2 Å². The summed E-state index contributed by atoms with van der Waals surface area (Å²) >= 11 is 0. The minimum Gasteiger partial charge on any atom is -0.493 e. The first-order chi connectivity index (χ1) is 10.2. The number of methoxy groups -OCH3 is 2. The van der Waals surface area contributed by atoms with Gasteiger partial charge in [-0.25, -0.2) is 4.98 Å². The van der Waals surface area contributed by atoms with Crippen molar-refractivity contribution in [3.05, 3.63) is 42.1 Å². The molecule has 6 nitrogen and oxygen atoms in total. The summed E-state index contributed by atoms with van der Waals surface area (Å²) in [6, 6.07) is 8.52. The van der Waals surface area contributed by atoms with Gasteiger partial charge in [0.15, 0.2) is 11.5 Å². The maximum atomic E-state index is 12.2. The Balaban J connectivity index is 2.19. The average Bonchev–Trinajstić information content (AvgIpc) is 2.54. The van der Waals surface area contributed by atoms with E-state index in [1.807, 2.05) is 0 Å². The topological polar surface area (TPSA) is 72.5 Å². The van der Waals surface area contributed by atoms with Crippen LogP contribution in [0.1, 0.15) is 10.4 Å². The summed E-state index contributed by atoms with van der Waals surface area (Å²) in [7, 11) is 4.86. The fourth-order valence-corrected chi connectivity index (χ4v) is 1.83. The molecular formula is C15H17N3O3. The molecule has 1 amide bonds. The Morgan fingerprint density at radius 1 is 1.10 bits per heavy atom. The van der Waals surface area contributed by atoms with Crippen LogP contribution in [-0.4, -0.2) is 32.2 Å². The van der Waals surface area contributed by atoms with Crippen molar-refractivity contribution < 1.29 is 14.3 Å². The van der Waals surface area contributed by atoms with E-state index in [1.54, 1.807) is 57.8 Å². The summed E-state index contributed by atoms with van der Waals surface area (Å²) in [6.07, 6.45) is 1.58. The lowest BCUT2D eigenvalue weighted by Crippen LogP contribution is -2.12. The molecular weight excluding hydrogens is 270 g/mol. The van der Waals surface area contributed by atoms with Crippen LogP contribution in [0.3, 0.4) is 0 Å². The number of nitrogens with one attached hydrogen (secondary N) is 2. The van der Waals surface area contributed by atoms with Crippen LogP contribution in [-0.2, 0) is 0 Å². The van der Waals surface area contributed by atoms with Crippen LogP contribution in [0.2, 0.25) is 0 Å². The van der Waals surface area contributed by atoms with Gasteiger partial charge < -0.3 is 20.1 Å². The number of pyridine rings is 1. The summed E-state index contributed by atoms with van der Waals surface area (Å²) < 4.78 is 10.4. The Kier molecular flexibility index (Phi) is 4.61. The Labute approximate surface area is 123 Å². The lowest BCUT2D eigenvalue weighted by Gasteiger charge is -2.11. The molecule has 0 saturated heterocycles. The smallest absolute Gasteiger partial charge is 0.255 e. The van der Waals surface area contributed by atoms with E-state index in [9.17, 15) is 4.79 Å². The first-order valence-corrected chi connectivity index (χ1v) is 6.35. The van der Waals surface area contributed by atoms with E-state index in [2.05, 4.69) is 15.6 Å². The van der Waals surface area contributed by atoms with Gasteiger partial charge in [0.2, 0.25) is 0 Å². The van der Waals surface area contributed by atoms with Crippen molar-refractivity contribution in [2.45, 2.75) is 0 Å². The zero-order valence-corrected chi connectivity index (χ0v) is 12.1. The van der Waals surface area contributed by atoms with Gasteiger partial charge in [-0.05, 0) is 24.3 Å². The largest absolute Gasteiger partial charge is 0.493 e. The number of hydrogen-bond donors (Lipinski definition) is 2. The minimum atomic E-state index is -0.221. The number of benzene rings is 1. The van der Waals surface area contributed by atoms with Gasteiger partial charge in [0.1, 0.15) is 5.82 Å². The quantitative estimate of drug-likeness (QED) is 0.883. The summed E-state index contributed by atoms with van der Waals surface area (Å²) in [5.41, 5.74) is 1.14. The van der Waals surface area contributed by atoms with Crippen LogP contribution < -0.4 is 20.1 Å². The molecule has 2 rings (SSSR count). The molecule has 21 heavy (non-hydrogen) atoms. The normalized spacial score (nSPS) is 9.86. The SMILES string of the molecule is CNc1cc(C(=O)Nc2ccc(OC)c(OC)c2)ccn1. The third-order valence-corrected chi connectivity index (χ3v) is 2.92. The molecule has 1 heterocycles. The highest BCUT2D eigenvalue weighted by atomic mass is 16.5. The summed E-state index contributed by atoms with van der Waals surface area (Å²) in [5, 5.41) is 5.70. The van der Waals surface area contributed by atoms with E-state index in [0.717, 1.165) is 0 Å². The van der Waals surface area contributed by atoms with Gasteiger partial charge in [-0.1, -0.05) is 0 Å². The predicted molar refractivity (Wildman–Crippen MR) is 81.3 cm³/mol. The van der Waals surface area contributed by atoms with Gasteiger partial charge in [0.25, 0.3) is 5.91 Å². The Morgan fingerprint density at radius 3 is 2.52 bits per heavy atom. The van der Waals surface area contributed by atoms with Crippen molar-refractivity contribution in [2.24, 2.45) is 0 Å². The third-order valence-electron chi connectivity index (χ3n) is 2.92. The van der Waals surface area contributed by atoms with Crippen LogP contribution in [0, 0.1) is 0 Å². The number of ether oxygens (including phenoxy) is 2. The van der Waals surface area contributed by atoms with Crippen molar-refractivity contribution in [3.63, 3.8) is 0 Å². The second-order valence-corrected chi connectivity index (χ2v) is 4.20. The summed E-state index contributed by atoms with van der Waals surface area (Å²) in [4.78, 5) is 16.3. The van der Waals surface area contributed by atoms with Gasteiger partial charge in [-0.2, -0.15) is 0 Å². The van der Waals surface area contributed by atoms with Crippen LogP contribution in [0.4, 0.5) is 11.5 Å². The monoisotopic (exact) mass is 287 g/mol. The lowest BCUT2D eigenvalue weighted by atomic mass is 10.2. The number of carbonyl (C=O) groups excluding carboxylic acids is 1. The van der Waals surface area contributed by atoms with Crippen LogP contribution in [0.25, 0.3) is 0 Å². The first-order valence-electron chi connectivity index (χ1n) is 6.35. The number of nitrogens with zero attached hydrogens (tertiary/aromatic N) is 1. The molecule has 0 atom stereocenters. The van der Waals surface area contributed by atoms with E-state index in [1.165, 1.54) is 0 Å². The molecule has 0 aliphatic heterocycles. The highest BCUT2D eigenvalue weighted by Gasteiger charge is 2.10. The van der Waals surface area contributed by atoms with E-state index >= 15 is 0 Å². The number of carbonyl (C=O) groups is 1. The molecule has 0 aliphatic carbocycles. The standard InChI is InChI=1S/C15H17N3O3/c1-16-14-8-10(6-7-17-14)15(19)18-11-4-5-12(20-2)13(9-11)21-3/h4-9H,1-3H3,(H,16,17)(H,18,19).